The Bertz CT molecular complexity index is 526. The molecule has 1 heterocycles. The summed E-state index contributed by atoms with van der Waals surface area (Å²) in [6, 6.07) is 7.48. The van der Waals surface area contributed by atoms with Crippen LogP contribution in [0.25, 0.3) is 0 Å². The van der Waals surface area contributed by atoms with Crippen molar-refractivity contribution in [3.05, 3.63) is 35.4 Å². The number of piperidine rings is 1. The van der Waals surface area contributed by atoms with Crippen LogP contribution >= 0.6 is 0 Å². The van der Waals surface area contributed by atoms with E-state index >= 15 is 0 Å². The van der Waals surface area contributed by atoms with Crippen LogP contribution in [0.3, 0.4) is 0 Å². The van der Waals surface area contributed by atoms with Crippen LogP contribution in [-0.4, -0.2) is 41.7 Å². The van der Waals surface area contributed by atoms with Gasteiger partial charge in [-0.05, 0) is 49.9 Å². The maximum absolute atomic E-state index is 12.6. The number of hydrogen-bond donors (Lipinski definition) is 2. The lowest BCUT2D eigenvalue weighted by Gasteiger charge is -2.35. The molecule has 1 amide bonds. The number of amides is 1. The molecule has 21 heavy (non-hydrogen) atoms. The molecule has 1 aromatic rings. The molecule has 4 nitrogen and oxygen atoms in total. The molecule has 4 heteroatoms. The van der Waals surface area contributed by atoms with E-state index in [0.717, 1.165) is 31.4 Å². The first-order chi connectivity index (χ1) is 10.3. The van der Waals surface area contributed by atoms with Gasteiger partial charge in [0, 0.05) is 30.3 Å². The highest BCUT2D eigenvalue weighted by Gasteiger charge is 2.26. The topological polar surface area (TPSA) is 66.6 Å². The lowest BCUT2D eigenvalue weighted by atomic mass is 9.98. The van der Waals surface area contributed by atoms with E-state index in [2.05, 4.69) is 11.8 Å². The average Bonchev–Trinajstić information content (AvgIpc) is 2.53. The Morgan fingerprint density at radius 3 is 2.76 bits per heavy atom. The van der Waals surface area contributed by atoms with Gasteiger partial charge in [0.05, 0.1) is 6.54 Å². The molecule has 0 saturated carbocycles. The summed E-state index contributed by atoms with van der Waals surface area (Å²) in [6.45, 7) is 1.23. The van der Waals surface area contributed by atoms with E-state index in [0.29, 0.717) is 18.5 Å². The molecule has 1 aliphatic rings. The van der Waals surface area contributed by atoms with Crippen LogP contribution in [0, 0.1) is 11.8 Å². The monoisotopic (exact) mass is 286 g/mol. The van der Waals surface area contributed by atoms with Gasteiger partial charge in [0.15, 0.2) is 0 Å². The largest absolute Gasteiger partial charge is 0.396 e. The number of rotatable bonds is 3. The van der Waals surface area contributed by atoms with Crippen LogP contribution in [-0.2, 0) is 0 Å². The van der Waals surface area contributed by atoms with Crippen LogP contribution < -0.4 is 5.73 Å². The lowest BCUT2D eigenvalue weighted by molar-refractivity contribution is 0.0574. The maximum Gasteiger partial charge on any atom is 0.254 e. The van der Waals surface area contributed by atoms with Crippen molar-refractivity contribution in [3.63, 3.8) is 0 Å². The van der Waals surface area contributed by atoms with Crippen LogP contribution in [0.4, 0.5) is 0 Å². The van der Waals surface area contributed by atoms with Crippen molar-refractivity contribution in [2.45, 2.75) is 31.7 Å². The maximum atomic E-state index is 12.6. The highest BCUT2D eigenvalue weighted by molar-refractivity contribution is 5.94. The van der Waals surface area contributed by atoms with Crippen molar-refractivity contribution in [1.29, 1.82) is 0 Å². The van der Waals surface area contributed by atoms with Gasteiger partial charge in [-0.1, -0.05) is 11.8 Å². The minimum absolute atomic E-state index is 0.0477. The summed E-state index contributed by atoms with van der Waals surface area (Å²) >= 11 is 0. The van der Waals surface area contributed by atoms with Crippen molar-refractivity contribution < 1.29 is 9.90 Å². The minimum Gasteiger partial charge on any atom is -0.396 e. The number of carbonyl (C=O) groups excluding carboxylic acids is 1. The molecule has 0 aliphatic carbocycles. The molecule has 1 atom stereocenters. The first kappa shape index (κ1) is 15.6. The van der Waals surface area contributed by atoms with E-state index in [9.17, 15) is 4.79 Å². The van der Waals surface area contributed by atoms with E-state index in [1.54, 1.807) is 0 Å². The summed E-state index contributed by atoms with van der Waals surface area (Å²) in [5, 5.41) is 9.14. The van der Waals surface area contributed by atoms with E-state index in [1.807, 2.05) is 29.2 Å². The Labute approximate surface area is 125 Å². The predicted octanol–water partition coefficient (Wildman–Crippen LogP) is 1.37. The van der Waals surface area contributed by atoms with Crippen molar-refractivity contribution in [2.75, 3.05) is 19.7 Å². The number of aliphatic hydroxyl groups excluding tert-OH is 1. The zero-order valence-corrected chi connectivity index (χ0v) is 12.2. The number of aliphatic hydroxyl groups is 1. The number of nitrogens with zero attached hydrogens (tertiary/aromatic N) is 1. The highest BCUT2D eigenvalue weighted by Crippen LogP contribution is 2.22. The molecule has 1 fully saturated rings. The van der Waals surface area contributed by atoms with E-state index < -0.39 is 0 Å². The molecule has 0 bridgehead atoms. The normalized spacial score (nSPS) is 18.0. The van der Waals surface area contributed by atoms with Crippen molar-refractivity contribution in [1.82, 2.24) is 4.90 Å². The fraction of sp³-hybridized carbons (Fsp3) is 0.471. The standard InChI is InChI=1S/C17H22N2O2/c18-11-3-4-14-6-8-15(9-7-14)17(21)19-12-2-1-5-16(19)10-13-20/h6-9,16,20H,1-2,5,10-13,18H2. The van der Waals surface area contributed by atoms with E-state index in [4.69, 9.17) is 10.8 Å². The third-order valence-electron chi connectivity index (χ3n) is 3.82. The molecule has 1 aromatic carbocycles. The molecule has 3 N–H and O–H groups in total. The quantitative estimate of drug-likeness (QED) is 0.825. The average molecular weight is 286 g/mol. The molecular weight excluding hydrogens is 264 g/mol. The number of likely N-dealkylation sites (tertiary alicyclic amines) is 1. The van der Waals surface area contributed by atoms with E-state index in [-0.39, 0.29) is 18.6 Å². The van der Waals surface area contributed by atoms with Crippen molar-refractivity contribution >= 4 is 5.91 Å². The first-order valence-electron chi connectivity index (χ1n) is 7.47. The Hall–Kier alpha value is -1.83. The Kier molecular flexibility index (Phi) is 5.79. The van der Waals surface area contributed by atoms with Gasteiger partial charge < -0.3 is 15.7 Å². The van der Waals surface area contributed by atoms with Gasteiger partial charge in [0.1, 0.15) is 0 Å². The van der Waals surface area contributed by atoms with Crippen LogP contribution in [0.5, 0.6) is 0 Å². The van der Waals surface area contributed by atoms with Gasteiger partial charge in [-0.2, -0.15) is 0 Å². The molecule has 0 spiro atoms. The van der Waals surface area contributed by atoms with Crippen molar-refractivity contribution in [3.8, 4) is 11.8 Å². The zero-order valence-electron chi connectivity index (χ0n) is 12.2. The Morgan fingerprint density at radius 2 is 2.10 bits per heavy atom. The summed E-state index contributed by atoms with van der Waals surface area (Å²) in [5.41, 5.74) is 6.88. The zero-order chi connectivity index (χ0) is 15.1. The summed E-state index contributed by atoms with van der Waals surface area (Å²) in [5.74, 6) is 5.79. The van der Waals surface area contributed by atoms with Crippen LogP contribution in [0.15, 0.2) is 24.3 Å². The molecule has 2 rings (SSSR count). The fourth-order valence-electron chi connectivity index (χ4n) is 2.73. The van der Waals surface area contributed by atoms with Gasteiger partial charge in [-0.3, -0.25) is 4.79 Å². The molecular formula is C17H22N2O2. The summed E-state index contributed by atoms with van der Waals surface area (Å²) in [6.07, 6.45) is 3.80. The molecule has 1 saturated heterocycles. The number of nitrogens with two attached hydrogens (primary N) is 1. The Morgan fingerprint density at radius 1 is 1.33 bits per heavy atom. The van der Waals surface area contributed by atoms with Gasteiger partial charge >= 0.3 is 0 Å². The van der Waals surface area contributed by atoms with E-state index in [1.165, 1.54) is 0 Å². The minimum atomic E-state index is 0.0477. The molecule has 0 aromatic heterocycles. The van der Waals surface area contributed by atoms with Gasteiger partial charge in [0.25, 0.3) is 5.91 Å². The number of benzene rings is 1. The molecule has 0 radical (unpaired) electrons. The van der Waals surface area contributed by atoms with Crippen molar-refractivity contribution in [2.24, 2.45) is 5.73 Å². The number of hydrogen-bond acceptors (Lipinski definition) is 3. The van der Waals surface area contributed by atoms with Gasteiger partial charge in [-0.15, -0.1) is 0 Å². The second-order valence-electron chi connectivity index (χ2n) is 5.24. The van der Waals surface area contributed by atoms with Gasteiger partial charge in [0.2, 0.25) is 0 Å². The third-order valence-corrected chi connectivity index (χ3v) is 3.82. The summed E-state index contributed by atoms with van der Waals surface area (Å²) < 4.78 is 0. The predicted molar refractivity (Wildman–Crippen MR) is 82.8 cm³/mol. The second kappa shape index (κ2) is 7.82. The van der Waals surface area contributed by atoms with Gasteiger partial charge in [-0.25, -0.2) is 0 Å². The van der Waals surface area contributed by atoms with Crippen LogP contribution in [0.1, 0.15) is 41.6 Å². The smallest absolute Gasteiger partial charge is 0.254 e. The lowest BCUT2D eigenvalue weighted by Crippen LogP contribution is -2.44. The SMILES string of the molecule is NCC#Cc1ccc(C(=O)N2CCCCC2CCO)cc1. The summed E-state index contributed by atoms with van der Waals surface area (Å²) in [7, 11) is 0. The molecule has 1 aliphatic heterocycles. The van der Waals surface area contributed by atoms with Crippen LogP contribution in [0.2, 0.25) is 0 Å². The Balaban J connectivity index is 2.10. The molecule has 112 valence electrons. The third kappa shape index (κ3) is 4.07. The fourth-order valence-corrected chi connectivity index (χ4v) is 2.73. The summed E-state index contributed by atoms with van der Waals surface area (Å²) in [4.78, 5) is 14.5. The molecule has 1 unspecified atom stereocenters. The highest BCUT2D eigenvalue weighted by atomic mass is 16.3. The first-order valence-corrected chi connectivity index (χ1v) is 7.47. The number of carbonyl (C=O) groups is 1. The second-order valence-corrected chi connectivity index (χ2v) is 5.24.